The molecule has 7 heteroatoms. The van der Waals surface area contributed by atoms with Crippen molar-refractivity contribution in [1.29, 1.82) is 0 Å². The lowest BCUT2D eigenvalue weighted by Crippen LogP contribution is -2.11. The Morgan fingerprint density at radius 2 is 1.89 bits per heavy atom. The van der Waals surface area contributed by atoms with Crippen LogP contribution in [0, 0.1) is 0 Å². The van der Waals surface area contributed by atoms with E-state index in [0.29, 0.717) is 24.0 Å². The first-order valence-electron chi connectivity index (χ1n) is 5.99. The lowest BCUT2D eigenvalue weighted by atomic mass is 10.1. The van der Waals surface area contributed by atoms with Crippen molar-refractivity contribution in [2.24, 2.45) is 0 Å². The molecule has 18 heavy (non-hydrogen) atoms. The average molecular weight is 332 g/mol. The predicted octanol–water partition coefficient (Wildman–Crippen LogP) is 1.60. The minimum atomic E-state index is -2.92. The maximum Gasteiger partial charge on any atom is 0.151 e. The summed E-state index contributed by atoms with van der Waals surface area (Å²) in [4.78, 5) is 8.79. The van der Waals surface area contributed by atoms with Crippen molar-refractivity contribution in [2.75, 3.05) is 17.2 Å². The quantitative estimate of drug-likeness (QED) is 0.889. The van der Waals surface area contributed by atoms with Gasteiger partial charge in [0.05, 0.1) is 21.7 Å². The van der Waals surface area contributed by atoms with E-state index in [0.717, 1.165) is 23.0 Å². The zero-order valence-electron chi connectivity index (χ0n) is 9.76. The number of nitrogens with zero attached hydrogens (tertiary/aromatic N) is 2. The van der Waals surface area contributed by atoms with Crippen LogP contribution < -0.4 is 5.73 Å². The Morgan fingerprint density at radius 1 is 1.17 bits per heavy atom. The van der Waals surface area contributed by atoms with Crippen LogP contribution in [0.1, 0.15) is 42.6 Å². The van der Waals surface area contributed by atoms with E-state index in [1.807, 2.05) is 0 Å². The van der Waals surface area contributed by atoms with Crippen LogP contribution in [0.15, 0.2) is 4.47 Å². The standard InChI is InChI=1S/C11H14BrN3O2S/c12-8-9(6-1-2-6)14-11(15-10(8)13)7-3-4-18(16,17)5-7/h6-7H,1-5H2,(H2,13,14,15). The fourth-order valence-electron chi connectivity index (χ4n) is 2.31. The van der Waals surface area contributed by atoms with Gasteiger partial charge >= 0.3 is 0 Å². The lowest BCUT2D eigenvalue weighted by molar-refractivity contribution is 0.601. The lowest BCUT2D eigenvalue weighted by Gasteiger charge is -2.11. The second kappa shape index (κ2) is 4.16. The third kappa shape index (κ3) is 2.25. The van der Waals surface area contributed by atoms with E-state index < -0.39 is 9.84 Å². The molecule has 0 aromatic carbocycles. The van der Waals surface area contributed by atoms with Crippen LogP contribution in [0.25, 0.3) is 0 Å². The number of aromatic nitrogens is 2. The number of anilines is 1. The molecule has 0 bridgehead atoms. The molecule has 98 valence electrons. The Hall–Kier alpha value is -0.690. The van der Waals surface area contributed by atoms with E-state index in [1.165, 1.54) is 0 Å². The molecule has 0 radical (unpaired) electrons. The summed E-state index contributed by atoms with van der Waals surface area (Å²) in [6.07, 6.45) is 2.85. The summed E-state index contributed by atoms with van der Waals surface area (Å²) in [5.74, 6) is 1.77. The van der Waals surface area contributed by atoms with Crippen molar-refractivity contribution in [3.05, 3.63) is 16.0 Å². The zero-order valence-corrected chi connectivity index (χ0v) is 12.2. The summed E-state index contributed by atoms with van der Waals surface area (Å²) < 4.78 is 23.8. The molecule has 0 amide bonds. The number of sulfone groups is 1. The smallest absolute Gasteiger partial charge is 0.151 e. The first-order valence-corrected chi connectivity index (χ1v) is 8.61. The van der Waals surface area contributed by atoms with Gasteiger partial charge in [-0.2, -0.15) is 0 Å². The predicted molar refractivity (Wildman–Crippen MR) is 72.1 cm³/mol. The van der Waals surface area contributed by atoms with Crippen molar-refractivity contribution in [1.82, 2.24) is 9.97 Å². The zero-order chi connectivity index (χ0) is 12.9. The minimum Gasteiger partial charge on any atom is -0.383 e. The Kier molecular flexibility index (Phi) is 2.85. The van der Waals surface area contributed by atoms with E-state index >= 15 is 0 Å². The molecular formula is C11H14BrN3O2S. The van der Waals surface area contributed by atoms with Crippen LogP contribution in [0.2, 0.25) is 0 Å². The van der Waals surface area contributed by atoms with Crippen LogP contribution in [-0.4, -0.2) is 29.9 Å². The molecule has 2 N–H and O–H groups in total. The van der Waals surface area contributed by atoms with Gasteiger partial charge in [-0.3, -0.25) is 0 Å². The van der Waals surface area contributed by atoms with E-state index in [9.17, 15) is 8.42 Å². The Morgan fingerprint density at radius 3 is 2.44 bits per heavy atom. The second-order valence-corrected chi connectivity index (χ2v) is 8.06. The number of nitrogens with two attached hydrogens (primary N) is 1. The van der Waals surface area contributed by atoms with Crippen molar-refractivity contribution >= 4 is 31.6 Å². The minimum absolute atomic E-state index is 0.0945. The molecule has 1 aliphatic heterocycles. The van der Waals surface area contributed by atoms with E-state index in [1.54, 1.807) is 0 Å². The highest BCUT2D eigenvalue weighted by Gasteiger charge is 2.34. The van der Waals surface area contributed by atoms with Crippen LogP contribution in [0.4, 0.5) is 5.82 Å². The van der Waals surface area contributed by atoms with Gasteiger partial charge < -0.3 is 5.73 Å². The highest BCUT2D eigenvalue weighted by Crippen LogP contribution is 2.44. The van der Waals surface area contributed by atoms with Gasteiger partial charge in [-0.15, -0.1) is 0 Å². The summed E-state index contributed by atoms with van der Waals surface area (Å²) >= 11 is 3.42. The molecule has 1 aromatic rings. The van der Waals surface area contributed by atoms with E-state index in [-0.39, 0.29) is 17.4 Å². The fraction of sp³-hybridized carbons (Fsp3) is 0.636. The largest absolute Gasteiger partial charge is 0.383 e. The number of hydrogen-bond acceptors (Lipinski definition) is 5. The highest BCUT2D eigenvalue weighted by molar-refractivity contribution is 9.10. The van der Waals surface area contributed by atoms with Crippen molar-refractivity contribution < 1.29 is 8.42 Å². The topological polar surface area (TPSA) is 85.9 Å². The molecule has 0 spiro atoms. The second-order valence-electron chi connectivity index (χ2n) is 5.04. The van der Waals surface area contributed by atoms with Gasteiger partial charge in [-0.25, -0.2) is 18.4 Å². The van der Waals surface area contributed by atoms with E-state index in [2.05, 4.69) is 25.9 Å². The molecule has 1 unspecified atom stereocenters. The highest BCUT2D eigenvalue weighted by atomic mass is 79.9. The molecular weight excluding hydrogens is 318 g/mol. The molecule has 1 saturated carbocycles. The Bertz CT molecular complexity index is 599. The molecule has 1 aliphatic carbocycles. The van der Waals surface area contributed by atoms with Crippen molar-refractivity contribution in [2.45, 2.75) is 31.1 Å². The van der Waals surface area contributed by atoms with Crippen molar-refractivity contribution in [3.8, 4) is 0 Å². The molecule has 1 atom stereocenters. The van der Waals surface area contributed by atoms with Crippen LogP contribution in [-0.2, 0) is 9.84 Å². The summed E-state index contributed by atoms with van der Waals surface area (Å²) in [6.45, 7) is 0. The molecule has 1 saturated heterocycles. The van der Waals surface area contributed by atoms with Gasteiger partial charge in [-0.05, 0) is 35.2 Å². The van der Waals surface area contributed by atoms with Crippen molar-refractivity contribution in [3.63, 3.8) is 0 Å². The molecule has 2 heterocycles. The van der Waals surface area contributed by atoms with Gasteiger partial charge in [0.2, 0.25) is 0 Å². The van der Waals surface area contributed by atoms with Gasteiger partial charge in [0.15, 0.2) is 9.84 Å². The first kappa shape index (κ1) is 12.3. The Balaban J connectivity index is 1.98. The van der Waals surface area contributed by atoms with Gasteiger partial charge in [0.1, 0.15) is 11.6 Å². The molecule has 5 nitrogen and oxygen atoms in total. The fourth-order valence-corrected chi connectivity index (χ4v) is 4.55. The number of rotatable bonds is 2. The molecule has 2 aliphatic rings. The number of hydrogen-bond donors (Lipinski definition) is 1. The molecule has 2 fully saturated rings. The average Bonchev–Trinajstić information content (AvgIpc) is 3.07. The SMILES string of the molecule is Nc1nc(C2CCS(=O)(=O)C2)nc(C2CC2)c1Br. The summed E-state index contributed by atoms with van der Waals surface area (Å²) in [5, 5.41) is 0. The maximum absolute atomic E-state index is 11.5. The van der Waals surface area contributed by atoms with Crippen LogP contribution in [0.3, 0.4) is 0 Å². The number of nitrogen functional groups attached to an aromatic ring is 1. The van der Waals surface area contributed by atoms with Gasteiger partial charge in [0, 0.05) is 11.8 Å². The Labute approximate surface area is 114 Å². The summed E-state index contributed by atoms with van der Waals surface area (Å²) in [7, 11) is -2.92. The molecule has 3 rings (SSSR count). The first-order chi connectivity index (χ1) is 8.46. The van der Waals surface area contributed by atoms with E-state index in [4.69, 9.17) is 5.73 Å². The number of halogens is 1. The van der Waals surface area contributed by atoms with Crippen LogP contribution in [0.5, 0.6) is 0 Å². The monoisotopic (exact) mass is 331 g/mol. The maximum atomic E-state index is 11.5. The van der Waals surface area contributed by atoms with Crippen LogP contribution >= 0.6 is 15.9 Å². The third-order valence-electron chi connectivity index (χ3n) is 3.48. The molecule has 1 aromatic heterocycles. The van der Waals surface area contributed by atoms with Gasteiger partial charge in [-0.1, -0.05) is 0 Å². The third-order valence-corrected chi connectivity index (χ3v) is 6.06. The summed E-state index contributed by atoms with van der Waals surface area (Å²) in [5.41, 5.74) is 6.82. The normalized spacial score (nSPS) is 26.4. The van der Waals surface area contributed by atoms with Gasteiger partial charge in [0.25, 0.3) is 0 Å². The summed E-state index contributed by atoms with van der Waals surface area (Å²) in [6, 6.07) is 0.